The number of ketones is 1. The number of nitrogens with two attached hydrogens (primary N) is 1. The number of carbonyl (C=O) groups is 2. The second-order valence-electron chi connectivity index (χ2n) is 3.89. The second kappa shape index (κ2) is 6.51. The van der Waals surface area contributed by atoms with Gasteiger partial charge in [0.05, 0.1) is 0 Å². The van der Waals surface area contributed by atoms with Crippen LogP contribution in [0.15, 0.2) is 6.07 Å². The van der Waals surface area contributed by atoms with Gasteiger partial charge in [-0.2, -0.15) is 0 Å². The maximum Gasteiger partial charge on any atom is 0.220 e. The van der Waals surface area contributed by atoms with Crippen molar-refractivity contribution in [2.75, 3.05) is 13.1 Å². The van der Waals surface area contributed by atoms with Gasteiger partial charge in [-0.1, -0.05) is 0 Å². The number of nitrogens with one attached hydrogen (secondary N) is 1. The smallest absolute Gasteiger partial charge is 0.220 e. The SMILES string of the molecule is Cc1cc(C(=O)CCC(=O)NCCN)c(C)s1. The lowest BCUT2D eigenvalue weighted by atomic mass is 10.1. The molecule has 0 spiro atoms. The van der Waals surface area contributed by atoms with E-state index in [0.717, 1.165) is 15.3 Å². The summed E-state index contributed by atoms with van der Waals surface area (Å²) in [5.74, 6) is -0.0804. The lowest BCUT2D eigenvalue weighted by Gasteiger charge is -2.02. The van der Waals surface area contributed by atoms with Gasteiger partial charge >= 0.3 is 0 Å². The van der Waals surface area contributed by atoms with E-state index >= 15 is 0 Å². The zero-order chi connectivity index (χ0) is 12.8. The van der Waals surface area contributed by atoms with Crippen LogP contribution in [0.1, 0.15) is 33.0 Å². The predicted molar refractivity (Wildman–Crippen MR) is 69.4 cm³/mol. The molecule has 4 nitrogen and oxygen atoms in total. The minimum Gasteiger partial charge on any atom is -0.355 e. The molecule has 0 aliphatic carbocycles. The van der Waals surface area contributed by atoms with Gasteiger partial charge in [0.15, 0.2) is 5.78 Å². The number of hydrogen-bond acceptors (Lipinski definition) is 4. The number of amides is 1. The van der Waals surface area contributed by atoms with E-state index in [1.807, 2.05) is 19.9 Å². The number of hydrogen-bond donors (Lipinski definition) is 2. The minimum atomic E-state index is -0.117. The van der Waals surface area contributed by atoms with Crippen molar-refractivity contribution in [3.63, 3.8) is 0 Å². The lowest BCUT2D eigenvalue weighted by molar-refractivity contribution is -0.121. The van der Waals surface area contributed by atoms with Crippen LogP contribution in [0.3, 0.4) is 0 Å². The van der Waals surface area contributed by atoms with E-state index in [2.05, 4.69) is 5.32 Å². The molecule has 0 atom stereocenters. The molecule has 1 rings (SSSR count). The molecular formula is C12H18N2O2S. The third-order valence-corrected chi connectivity index (χ3v) is 3.35. The molecule has 0 saturated heterocycles. The van der Waals surface area contributed by atoms with Crippen LogP contribution in [0.4, 0.5) is 0 Å². The van der Waals surface area contributed by atoms with Gasteiger partial charge in [-0.05, 0) is 19.9 Å². The fraction of sp³-hybridized carbons (Fsp3) is 0.500. The van der Waals surface area contributed by atoms with Gasteiger partial charge in [-0.25, -0.2) is 0 Å². The highest BCUT2D eigenvalue weighted by Crippen LogP contribution is 2.22. The van der Waals surface area contributed by atoms with Crippen LogP contribution in [0.5, 0.6) is 0 Å². The van der Waals surface area contributed by atoms with Gasteiger partial charge in [0.25, 0.3) is 0 Å². The molecule has 0 fully saturated rings. The van der Waals surface area contributed by atoms with Crippen LogP contribution < -0.4 is 11.1 Å². The largest absolute Gasteiger partial charge is 0.355 e. The van der Waals surface area contributed by atoms with Crippen LogP contribution in [0.2, 0.25) is 0 Å². The number of rotatable bonds is 6. The molecule has 0 aromatic carbocycles. The highest BCUT2D eigenvalue weighted by Gasteiger charge is 2.13. The summed E-state index contributed by atoms with van der Waals surface area (Å²) in [6.45, 7) is 4.79. The summed E-state index contributed by atoms with van der Waals surface area (Å²) < 4.78 is 0. The van der Waals surface area contributed by atoms with Crippen LogP contribution >= 0.6 is 11.3 Å². The van der Waals surface area contributed by atoms with Gasteiger partial charge in [-0.3, -0.25) is 9.59 Å². The molecule has 0 bridgehead atoms. The summed E-state index contributed by atoms with van der Waals surface area (Å²) in [6, 6.07) is 1.89. The Hall–Kier alpha value is -1.20. The quantitative estimate of drug-likeness (QED) is 0.754. The first-order valence-corrected chi connectivity index (χ1v) is 6.43. The van der Waals surface area contributed by atoms with Crippen molar-refractivity contribution in [1.29, 1.82) is 0 Å². The maximum absolute atomic E-state index is 11.9. The first-order valence-electron chi connectivity index (χ1n) is 5.61. The Morgan fingerprint density at radius 3 is 2.59 bits per heavy atom. The van der Waals surface area contributed by atoms with Crippen molar-refractivity contribution < 1.29 is 9.59 Å². The molecule has 1 aromatic heterocycles. The van der Waals surface area contributed by atoms with Crippen LogP contribution in [-0.2, 0) is 4.79 Å². The average molecular weight is 254 g/mol. The summed E-state index contributed by atoms with van der Waals surface area (Å²) in [5, 5.41) is 2.65. The van der Waals surface area contributed by atoms with E-state index < -0.39 is 0 Å². The lowest BCUT2D eigenvalue weighted by Crippen LogP contribution is -2.29. The van der Waals surface area contributed by atoms with E-state index in [9.17, 15) is 9.59 Å². The van der Waals surface area contributed by atoms with Crippen molar-refractivity contribution in [3.8, 4) is 0 Å². The Morgan fingerprint density at radius 2 is 2.06 bits per heavy atom. The molecule has 1 heterocycles. The number of carbonyl (C=O) groups excluding carboxylic acids is 2. The van der Waals surface area contributed by atoms with Gasteiger partial charge < -0.3 is 11.1 Å². The summed E-state index contributed by atoms with van der Waals surface area (Å²) in [7, 11) is 0. The third-order valence-electron chi connectivity index (χ3n) is 2.39. The minimum absolute atomic E-state index is 0.0368. The molecule has 17 heavy (non-hydrogen) atoms. The molecule has 1 aromatic rings. The predicted octanol–water partition coefficient (Wildman–Crippen LogP) is 1.40. The third kappa shape index (κ3) is 4.28. The molecule has 1 amide bonds. The Labute approximate surface area is 105 Å². The van der Waals surface area contributed by atoms with E-state index in [1.54, 1.807) is 11.3 Å². The Morgan fingerprint density at radius 1 is 1.35 bits per heavy atom. The molecule has 0 saturated carbocycles. The summed E-state index contributed by atoms with van der Waals surface area (Å²) in [6.07, 6.45) is 0.487. The highest BCUT2D eigenvalue weighted by atomic mass is 32.1. The molecule has 0 aliphatic rings. The van der Waals surface area contributed by atoms with Gasteiger partial charge in [0.1, 0.15) is 0 Å². The maximum atomic E-state index is 11.9. The molecule has 0 aliphatic heterocycles. The number of thiophene rings is 1. The molecule has 0 radical (unpaired) electrons. The van der Waals surface area contributed by atoms with Crippen LogP contribution in [-0.4, -0.2) is 24.8 Å². The zero-order valence-corrected chi connectivity index (χ0v) is 11.0. The van der Waals surface area contributed by atoms with Crippen molar-refractivity contribution in [2.24, 2.45) is 5.73 Å². The summed E-state index contributed by atoms with van der Waals surface area (Å²) in [4.78, 5) is 25.3. The van der Waals surface area contributed by atoms with E-state index in [1.165, 1.54) is 0 Å². The molecule has 5 heteroatoms. The first kappa shape index (κ1) is 13.9. The zero-order valence-electron chi connectivity index (χ0n) is 10.2. The average Bonchev–Trinajstić information content (AvgIpc) is 2.62. The highest BCUT2D eigenvalue weighted by molar-refractivity contribution is 7.12. The van der Waals surface area contributed by atoms with Crippen LogP contribution in [0, 0.1) is 13.8 Å². The normalized spacial score (nSPS) is 10.3. The fourth-order valence-corrected chi connectivity index (χ4v) is 2.51. The van der Waals surface area contributed by atoms with Crippen molar-refractivity contribution >= 4 is 23.0 Å². The molecule has 3 N–H and O–H groups in total. The second-order valence-corrected chi connectivity index (χ2v) is 5.35. The van der Waals surface area contributed by atoms with E-state index in [4.69, 9.17) is 5.73 Å². The number of Topliss-reactive ketones (excluding diaryl/α,β-unsaturated/α-hetero) is 1. The fourth-order valence-electron chi connectivity index (χ4n) is 1.57. The Kier molecular flexibility index (Phi) is 5.31. The van der Waals surface area contributed by atoms with Crippen LogP contribution in [0.25, 0.3) is 0 Å². The topological polar surface area (TPSA) is 72.2 Å². The molecule has 0 unspecified atom stereocenters. The first-order chi connectivity index (χ1) is 8.04. The Bertz CT molecular complexity index is 413. The monoisotopic (exact) mass is 254 g/mol. The summed E-state index contributed by atoms with van der Waals surface area (Å²) >= 11 is 1.61. The van der Waals surface area contributed by atoms with Gasteiger partial charge in [0.2, 0.25) is 5.91 Å². The van der Waals surface area contributed by atoms with Gasteiger partial charge in [-0.15, -0.1) is 11.3 Å². The van der Waals surface area contributed by atoms with E-state index in [0.29, 0.717) is 13.1 Å². The standard InChI is InChI=1S/C12H18N2O2S/c1-8-7-10(9(2)17-8)11(15)3-4-12(16)14-6-5-13/h7H,3-6,13H2,1-2H3,(H,14,16). The van der Waals surface area contributed by atoms with Crippen molar-refractivity contribution in [3.05, 3.63) is 21.4 Å². The summed E-state index contributed by atoms with van der Waals surface area (Å²) in [5.41, 5.74) is 6.02. The number of aryl methyl sites for hydroxylation is 2. The van der Waals surface area contributed by atoms with Gasteiger partial charge in [0, 0.05) is 41.2 Å². The van der Waals surface area contributed by atoms with Crippen molar-refractivity contribution in [1.82, 2.24) is 5.32 Å². The molecule has 94 valence electrons. The van der Waals surface area contributed by atoms with E-state index in [-0.39, 0.29) is 24.5 Å². The molecular weight excluding hydrogens is 236 g/mol. The Balaban J connectivity index is 2.45. The van der Waals surface area contributed by atoms with Crippen molar-refractivity contribution in [2.45, 2.75) is 26.7 Å².